The van der Waals surface area contributed by atoms with E-state index in [0.717, 1.165) is 22.7 Å². The summed E-state index contributed by atoms with van der Waals surface area (Å²) in [5.74, 6) is 0. The minimum atomic E-state index is -4.30. The van der Waals surface area contributed by atoms with Crippen molar-refractivity contribution in [3.05, 3.63) is 52.0 Å². The van der Waals surface area contributed by atoms with Crippen molar-refractivity contribution < 1.29 is 13.2 Å². The molecular weight excluding hydrogens is 297 g/mol. The summed E-state index contributed by atoms with van der Waals surface area (Å²) in [5.41, 5.74) is -0.152. The highest BCUT2D eigenvalue weighted by Crippen LogP contribution is 2.31. The fourth-order valence-corrected chi connectivity index (χ4v) is 2.91. The third-order valence-electron chi connectivity index (χ3n) is 3.28. The molecule has 6 heteroatoms. The molecule has 1 aromatic heterocycles. The molecule has 1 atom stereocenters. The quantitative estimate of drug-likeness (QED) is 0.881. The summed E-state index contributed by atoms with van der Waals surface area (Å²) in [6.07, 6.45) is -2.55. The van der Waals surface area contributed by atoms with E-state index >= 15 is 0 Å². The maximum Gasteiger partial charge on any atom is 0.416 e. The zero-order chi connectivity index (χ0) is 15.7. The van der Waals surface area contributed by atoms with Gasteiger partial charge in [0.1, 0.15) is 5.01 Å². The van der Waals surface area contributed by atoms with Gasteiger partial charge in [-0.15, -0.1) is 11.3 Å². The Morgan fingerprint density at radius 2 is 1.76 bits per heavy atom. The molecule has 0 radical (unpaired) electrons. The lowest BCUT2D eigenvalue weighted by molar-refractivity contribution is -0.137. The highest BCUT2D eigenvalue weighted by molar-refractivity contribution is 7.09. The minimum absolute atomic E-state index is 0.0776. The van der Waals surface area contributed by atoms with Crippen LogP contribution >= 0.6 is 11.3 Å². The van der Waals surface area contributed by atoms with Gasteiger partial charge in [-0.25, -0.2) is 4.98 Å². The average Bonchev–Trinajstić information content (AvgIpc) is 2.92. The number of nitrogens with one attached hydrogen (secondary N) is 1. The van der Waals surface area contributed by atoms with E-state index in [1.54, 1.807) is 17.5 Å². The SMILES string of the molecule is CC(NC(C)(C)c1nccs1)c1ccc(C(F)(F)F)cc1. The molecule has 0 aliphatic rings. The van der Waals surface area contributed by atoms with Crippen LogP contribution < -0.4 is 5.32 Å². The second kappa shape index (κ2) is 5.77. The molecule has 0 aliphatic heterocycles. The van der Waals surface area contributed by atoms with Crippen molar-refractivity contribution >= 4 is 11.3 Å². The molecule has 21 heavy (non-hydrogen) atoms. The molecule has 1 unspecified atom stereocenters. The zero-order valence-electron chi connectivity index (χ0n) is 12.0. The van der Waals surface area contributed by atoms with Gasteiger partial charge in [0, 0.05) is 17.6 Å². The van der Waals surface area contributed by atoms with Crippen LogP contribution in [0, 0.1) is 0 Å². The summed E-state index contributed by atoms with van der Waals surface area (Å²) >= 11 is 1.55. The van der Waals surface area contributed by atoms with Crippen LogP contribution in [0.4, 0.5) is 13.2 Å². The van der Waals surface area contributed by atoms with Gasteiger partial charge in [-0.05, 0) is 38.5 Å². The zero-order valence-corrected chi connectivity index (χ0v) is 12.8. The Morgan fingerprint density at radius 1 is 1.14 bits per heavy atom. The largest absolute Gasteiger partial charge is 0.416 e. The molecule has 0 fully saturated rings. The summed E-state index contributed by atoms with van der Waals surface area (Å²) in [6, 6.07) is 5.18. The van der Waals surface area contributed by atoms with Crippen molar-refractivity contribution in [2.24, 2.45) is 0 Å². The van der Waals surface area contributed by atoms with E-state index in [-0.39, 0.29) is 11.6 Å². The van der Waals surface area contributed by atoms with Gasteiger partial charge in [-0.1, -0.05) is 12.1 Å². The van der Waals surface area contributed by atoms with Crippen LogP contribution in [0.1, 0.15) is 42.9 Å². The number of benzene rings is 1. The Kier molecular flexibility index (Phi) is 4.39. The molecule has 0 aliphatic carbocycles. The van der Waals surface area contributed by atoms with Gasteiger partial charge < -0.3 is 0 Å². The summed E-state index contributed by atoms with van der Waals surface area (Å²) in [6.45, 7) is 5.94. The third kappa shape index (κ3) is 3.83. The molecule has 0 amide bonds. The Labute approximate surface area is 126 Å². The van der Waals surface area contributed by atoms with Gasteiger partial charge in [0.05, 0.1) is 11.1 Å². The lowest BCUT2D eigenvalue weighted by Gasteiger charge is -2.28. The highest BCUT2D eigenvalue weighted by Gasteiger charge is 2.30. The molecule has 1 heterocycles. The molecule has 0 bridgehead atoms. The lowest BCUT2D eigenvalue weighted by atomic mass is 10.0. The first-order chi connectivity index (χ1) is 9.70. The average molecular weight is 314 g/mol. The van der Waals surface area contributed by atoms with Gasteiger partial charge in [-0.2, -0.15) is 13.2 Å². The molecular formula is C15H17F3N2S. The summed E-state index contributed by atoms with van der Waals surface area (Å²) in [5, 5.41) is 6.25. The van der Waals surface area contributed by atoms with Crippen LogP contribution in [0.5, 0.6) is 0 Å². The maximum absolute atomic E-state index is 12.6. The molecule has 2 rings (SSSR count). The molecule has 2 nitrogen and oxygen atoms in total. The van der Waals surface area contributed by atoms with Gasteiger partial charge in [0.2, 0.25) is 0 Å². The van der Waals surface area contributed by atoms with Gasteiger partial charge in [-0.3, -0.25) is 5.32 Å². The summed E-state index contributed by atoms with van der Waals surface area (Å²) in [7, 11) is 0. The maximum atomic E-state index is 12.6. The molecule has 1 N–H and O–H groups in total. The fourth-order valence-electron chi connectivity index (χ4n) is 2.18. The number of nitrogens with zero attached hydrogens (tertiary/aromatic N) is 1. The number of thiazole rings is 1. The first-order valence-electron chi connectivity index (χ1n) is 6.55. The molecule has 0 saturated carbocycles. The summed E-state index contributed by atoms with van der Waals surface area (Å²) < 4.78 is 37.7. The van der Waals surface area contributed by atoms with Crippen molar-refractivity contribution in [1.82, 2.24) is 10.3 Å². The number of rotatable bonds is 4. The first-order valence-corrected chi connectivity index (χ1v) is 7.43. The van der Waals surface area contributed by atoms with Crippen molar-refractivity contribution in [3.8, 4) is 0 Å². The van der Waals surface area contributed by atoms with E-state index in [0.29, 0.717) is 0 Å². The van der Waals surface area contributed by atoms with E-state index < -0.39 is 11.7 Å². The number of hydrogen-bond acceptors (Lipinski definition) is 3. The normalized spacial score (nSPS) is 14.2. The second-order valence-electron chi connectivity index (χ2n) is 5.45. The smallest absolute Gasteiger partial charge is 0.299 e. The van der Waals surface area contributed by atoms with Crippen molar-refractivity contribution in [3.63, 3.8) is 0 Å². The topological polar surface area (TPSA) is 24.9 Å². The van der Waals surface area contributed by atoms with Crippen molar-refractivity contribution in [2.75, 3.05) is 0 Å². The van der Waals surface area contributed by atoms with Crippen molar-refractivity contribution in [1.29, 1.82) is 0 Å². The number of aromatic nitrogens is 1. The minimum Gasteiger partial charge on any atom is -0.299 e. The predicted molar refractivity (Wildman–Crippen MR) is 78.1 cm³/mol. The number of halogens is 3. The van der Waals surface area contributed by atoms with Crippen LogP contribution in [-0.4, -0.2) is 4.98 Å². The van der Waals surface area contributed by atoms with Crippen LogP contribution in [0.3, 0.4) is 0 Å². The van der Waals surface area contributed by atoms with E-state index in [1.165, 1.54) is 12.1 Å². The van der Waals surface area contributed by atoms with Gasteiger partial charge in [0.25, 0.3) is 0 Å². The predicted octanol–water partition coefficient (Wildman–Crippen LogP) is 4.75. The molecule has 0 spiro atoms. The number of alkyl halides is 3. The van der Waals surface area contributed by atoms with E-state index in [1.807, 2.05) is 26.2 Å². The monoisotopic (exact) mass is 314 g/mol. The molecule has 2 aromatic rings. The van der Waals surface area contributed by atoms with Gasteiger partial charge >= 0.3 is 6.18 Å². The Balaban J connectivity index is 2.12. The standard InChI is InChI=1S/C15H17F3N2S/c1-10(20-14(2,3)13-19-8-9-21-13)11-4-6-12(7-5-11)15(16,17)18/h4-10,20H,1-3H3. The highest BCUT2D eigenvalue weighted by atomic mass is 32.1. The van der Waals surface area contributed by atoms with E-state index in [9.17, 15) is 13.2 Å². The molecule has 0 saturated heterocycles. The fraction of sp³-hybridized carbons (Fsp3) is 0.400. The van der Waals surface area contributed by atoms with E-state index in [4.69, 9.17) is 0 Å². The lowest BCUT2D eigenvalue weighted by Crippen LogP contribution is -2.38. The molecule has 1 aromatic carbocycles. The molecule has 114 valence electrons. The van der Waals surface area contributed by atoms with Crippen LogP contribution in [-0.2, 0) is 11.7 Å². The number of hydrogen-bond donors (Lipinski definition) is 1. The van der Waals surface area contributed by atoms with Crippen LogP contribution in [0.15, 0.2) is 35.8 Å². The third-order valence-corrected chi connectivity index (χ3v) is 4.38. The van der Waals surface area contributed by atoms with Crippen LogP contribution in [0.2, 0.25) is 0 Å². The van der Waals surface area contributed by atoms with E-state index in [2.05, 4.69) is 10.3 Å². The van der Waals surface area contributed by atoms with Crippen molar-refractivity contribution in [2.45, 2.75) is 38.5 Å². The first kappa shape index (κ1) is 16.0. The Hall–Kier alpha value is -1.40. The van der Waals surface area contributed by atoms with Gasteiger partial charge in [0.15, 0.2) is 0 Å². The second-order valence-corrected chi connectivity index (χ2v) is 6.34. The van der Waals surface area contributed by atoms with Crippen LogP contribution in [0.25, 0.3) is 0 Å². The Bertz CT molecular complexity index is 574. The summed E-state index contributed by atoms with van der Waals surface area (Å²) in [4.78, 5) is 4.29. The Morgan fingerprint density at radius 3 is 2.24 bits per heavy atom.